The number of imidazole rings is 1. The Balaban J connectivity index is 1.26. The molecule has 182 valence electrons. The highest BCUT2D eigenvalue weighted by molar-refractivity contribution is 5.95. The van der Waals surface area contributed by atoms with Crippen molar-refractivity contribution < 1.29 is 0 Å². The predicted octanol–water partition coefficient (Wildman–Crippen LogP) is 1.86. The number of piperazine rings is 1. The van der Waals surface area contributed by atoms with Crippen molar-refractivity contribution in [2.75, 3.05) is 56.1 Å². The van der Waals surface area contributed by atoms with Crippen molar-refractivity contribution >= 4 is 33.6 Å². The number of nitrogens with zero attached hydrogens (tertiary/aromatic N) is 8. The molecule has 4 aromatic heterocycles. The van der Waals surface area contributed by atoms with Gasteiger partial charge in [-0.3, -0.25) is 10.1 Å². The molecule has 2 aliphatic heterocycles. The van der Waals surface area contributed by atoms with Crippen LogP contribution in [0.25, 0.3) is 45.0 Å². The normalized spacial score (nSPS) is 17.3. The third-order valence-electron chi connectivity index (χ3n) is 7.09. The number of aromatic nitrogens is 7. The van der Waals surface area contributed by atoms with Crippen LogP contribution in [-0.4, -0.2) is 92.4 Å². The number of H-pyrrole nitrogens is 2. The lowest BCUT2D eigenvalue weighted by molar-refractivity contribution is 0.313. The maximum absolute atomic E-state index is 5.94. The number of hydrogen-bond donors (Lipinski definition) is 3. The van der Waals surface area contributed by atoms with Crippen molar-refractivity contribution in [1.29, 1.82) is 0 Å². The van der Waals surface area contributed by atoms with Crippen LogP contribution in [0.3, 0.4) is 0 Å². The number of fused-ring (bicyclic) bond motifs is 2. The van der Waals surface area contributed by atoms with E-state index in [2.05, 4.69) is 60.1 Å². The molecule has 0 amide bonds. The predicted molar refractivity (Wildman–Crippen MR) is 140 cm³/mol. The first-order valence-corrected chi connectivity index (χ1v) is 12.2. The Labute approximate surface area is 207 Å². The lowest BCUT2D eigenvalue weighted by Gasteiger charge is -2.37. The molecule has 11 heteroatoms. The van der Waals surface area contributed by atoms with Crippen molar-refractivity contribution in [3.63, 3.8) is 0 Å². The minimum absolute atomic E-state index is 0.194. The third-order valence-corrected chi connectivity index (χ3v) is 7.09. The molecular weight excluding hydrogens is 454 g/mol. The summed E-state index contributed by atoms with van der Waals surface area (Å²) in [5.74, 6) is 1.51. The number of anilines is 2. The zero-order valence-corrected chi connectivity index (χ0v) is 20.0. The number of likely N-dealkylation sites (N-methyl/N-ethyl adjacent to an activating group) is 1. The highest BCUT2D eigenvalue weighted by Gasteiger charge is 2.25. The molecule has 2 saturated heterocycles. The summed E-state index contributed by atoms with van der Waals surface area (Å²) in [5, 5.41) is 7.66. The van der Waals surface area contributed by atoms with Crippen LogP contribution >= 0.6 is 0 Å². The van der Waals surface area contributed by atoms with Gasteiger partial charge in [0, 0.05) is 45.3 Å². The van der Waals surface area contributed by atoms with E-state index in [1.54, 1.807) is 12.4 Å². The van der Waals surface area contributed by atoms with Crippen LogP contribution in [0.1, 0.15) is 0 Å². The van der Waals surface area contributed by atoms with Gasteiger partial charge in [-0.1, -0.05) is 6.07 Å². The SMILES string of the molecule is CN1CCN(c2cccc3[nH]c(-c4n[nH]c5ccc(-c6cncc(N7CC(N)C7)n6)nc45)nc23)CC1. The molecule has 36 heavy (non-hydrogen) atoms. The Morgan fingerprint density at radius 1 is 0.861 bits per heavy atom. The zero-order chi connectivity index (χ0) is 24.2. The second kappa shape index (κ2) is 8.25. The lowest BCUT2D eigenvalue weighted by atomic mass is 10.1. The molecule has 0 unspecified atom stereocenters. The van der Waals surface area contributed by atoms with E-state index >= 15 is 0 Å². The number of pyridine rings is 1. The first-order chi connectivity index (χ1) is 17.6. The lowest BCUT2D eigenvalue weighted by Crippen LogP contribution is -2.56. The van der Waals surface area contributed by atoms with Gasteiger partial charge in [-0.2, -0.15) is 5.10 Å². The Morgan fingerprint density at radius 3 is 2.56 bits per heavy atom. The first-order valence-electron chi connectivity index (χ1n) is 12.2. The molecule has 5 aromatic rings. The second-order valence-corrected chi connectivity index (χ2v) is 9.64. The Morgan fingerprint density at radius 2 is 1.72 bits per heavy atom. The van der Waals surface area contributed by atoms with Gasteiger partial charge in [0.15, 0.2) is 11.5 Å². The topological polar surface area (TPSA) is 132 Å². The maximum atomic E-state index is 5.94. The average molecular weight is 482 g/mol. The molecule has 7 rings (SSSR count). The highest BCUT2D eigenvalue weighted by atomic mass is 15.3. The van der Waals surface area contributed by atoms with E-state index in [1.165, 1.54) is 0 Å². The third kappa shape index (κ3) is 3.55. The minimum Gasteiger partial charge on any atom is -0.367 e. The average Bonchev–Trinajstić information content (AvgIpc) is 3.51. The fraction of sp³-hybridized carbons (Fsp3) is 0.320. The zero-order valence-electron chi connectivity index (χ0n) is 20.0. The Hall–Kier alpha value is -4.09. The highest BCUT2D eigenvalue weighted by Crippen LogP contribution is 2.31. The Kier molecular flexibility index (Phi) is 4.86. The van der Waals surface area contributed by atoms with Gasteiger partial charge in [0.2, 0.25) is 0 Å². The number of nitrogens with two attached hydrogens (primary N) is 1. The molecule has 0 bridgehead atoms. The second-order valence-electron chi connectivity index (χ2n) is 9.64. The van der Waals surface area contributed by atoms with Gasteiger partial charge < -0.3 is 25.4 Å². The molecule has 0 spiro atoms. The molecule has 1 aromatic carbocycles. The minimum atomic E-state index is 0.194. The summed E-state index contributed by atoms with van der Waals surface area (Å²) in [5.41, 5.74) is 12.7. The summed E-state index contributed by atoms with van der Waals surface area (Å²) in [7, 11) is 2.16. The first kappa shape index (κ1) is 21.2. The van der Waals surface area contributed by atoms with Crippen LogP contribution in [0.15, 0.2) is 42.7 Å². The molecule has 0 aliphatic carbocycles. The van der Waals surface area contributed by atoms with Crippen molar-refractivity contribution in [3.8, 4) is 22.9 Å². The summed E-state index contributed by atoms with van der Waals surface area (Å²) < 4.78 is 0. The molecular formula is C25H27N11. The van der Waals surface area contributed by atoms with E-state index in [1.807, 2.05) is 12.1 Å². The van der Waals surface area contributed by atoms with Crippen LogP contribution in [0, 0.1) is 0 Å². The number of nitrogens with one attached hydrogen (secondary N) is 2. The monoisotopic (exact) mass is 481 g/mol. The van der Waals surface area contributed by atoms with Gasteiger partial charge in [-0.25, -0.2) is 15.0 Å². The molecule has 4 N–H and O–H groups in total. The summed E-state index contributed by atoms with van der Waals surface area (Å²) in [6, 6.07) is 10.4. The number of para-hydroxylation sites is 1. The van der Waals surface area contributed by atoms with Crippen LogP contribution < -0.4 is 15.5 Å². The quantitative estimate of drug-likeness (QED) is 0.352. The van der Waals surface area contributed by atoms with Crippen LogP contribution in [0.5, 0.6) is 0 Å². The standard InChI is InChI=1S/C25H27N11/c1-34-7-9-35(10-8-34)20-4-2-3-17-22(20)31-25(30-17)24-23-18(32-33-24)6-5-16(29-23)19-11-27-12-21(28-19)36-13-15(26)14-36/h2-6,11-12,15H,7-10,13-14,26H2,1H3,(H,30,31)(H,32,33). The molecule has 0 atom stereocenters. The van der Waals surface area contributed by atoms with Gasteiger partial charge in [0.05, 0.1) is 34.8 Å². The van der Waals surface area contributed by atoms with Gasteiger partial charge in [0.1, 0.15) is 22.5 Å². The van der Waals surface area contributed by atoms with Gasteiger partial charge in [-0.05, 0) is 31.3 Å². The summed E-state index contributed by atoms with van der Waals surface area (Å²) >= 11 is 0. The molecule has 2 aliphatic rings. The van der Waals surface area contributed by atoms with E-state index in [4.69, 9.17) is 20.7 Å². The summed E-state index contributed by atoms with van der Waals surface area (Å²) in [6.45, 7) is 5.63. The maximum Gasteiger partial charge on any atom is 0.161 e. The fourth-order valence-corrected chi connectivity index (χ4v) is 4.97. The molecule has 6 heterocycles. The number of rotatable bonds is 4. The number of benzene rings is 1. The van der Waals surface area contributed by atoms with E-state index in [-0.39, 0.29) is 6.04 Å². The van der Waals surface area contributed by atoms with Gasteiger partial charge >= 0.3 is 0 Å². The van der Waals surface area contributed by atoms with Crippen LogP contribution in [0.4, 0.5) is 11.5 Å². The smallest absolute Gasteiger partial charge is 0.161 e. The van der Waals surface area contributed by atoms with Crippen molar-refractivity contribution in [1.82, 2.24) is 40.0 Å². The number of hydrogen-bond acceptors (Lipinski definition) is 9. The van der Waals surface area contributed by atoms with E-state index in [0.717, 1.165) is 78.5 Å². The molecule has 0 radical (unpaired) electrons. The van der Waals surface area contributed by atoms with E-state index in [9.17, 15) is 0 Å². The summed E-state index contributed by atoms with van der Waals surface area (Å²) in [6.07, 6.45) is 3.50. The Bertz CT molecular complexity index is 1560. The fourth-order valence-electron chi connectivity index (χ4n) is 4.97. The largest absolute Gasteiger partial charge is 0.367 e. The number of aromatic amines is 2. The van der Waals surface area contributed by atoms with Gasteiger partial charge in [0.25, 0.3) is 0 Å². The molecule has 11 nitrogen and oxygen atoms in total. The van der Waals surface area contributed by atoms with E-state index < -0.39 is 0 Å². The molecule has 0 saturated carbocycles. The van der Waals surface area contributed by atoms with E-state index in [0.29, 0.717) is 17.2 Å². The summed E-state index contributed by atoms with van der Waals surface area (Å²) in [4.78, 5) is 29.4. The van der Waals surface area contributed by atoms with Crippen LogP contribution in [-0.2, 0) is 0 Å². The van der Waals surface area contributed by atoms with Crippen LogP contribution in [0.2, 0.25) is 0 Å². The van der Waals surface area contributed by atoms with Crippen molar-refractivity contribution in [2.24, 2.45) is 5.73 Å². The molecule has 2 fully saturated rings. The van der Waals surface area contributed by atoms with Gasteiger partial charge in [-0.15, -0.1) is 0 Å². The van der Waals surface area contributed by atoms with Crippen molar-refractivity contribution in [3.05, 3.63) is 42.7 Å². The van der Waals surface area contributed by atoms with Crippen molar-refractivity contribution in [2.45, 2.75) is 6.04 Å².